The van der Waals surface area contributed by atoms with Gasteiger partial charge < -0.3 is 15.2 Å². The molecule has 0 aliphatic rings. The van der Waals surface area contributed by atoms with E-state index in [1.54, 1.807) is 0 Å². The Balaban J connectivity index is 2.24. The number of ether oxygens (including phenoxy) is 2. The molecule has 0 saturated carbocycles. The van der Waals surface area contributed by atoms with Gasteiger partial charge in [-0.05, 0) is 12.1 Å². The van der Waals surface area contributed by atoms with E-state index < -0.39 is 12.0 Å². The van der Waals surface area contributed by atoms with Crippen molar-refractivity contribution in [3.05, 3.63) is 24.0 Å². The lowest BCUT2D eigenvalue weighted by atomic mass is 10.3. The van der Waals surface area contributed by atoms with Crippen LogP contribution >= 0.6 is 11.5 Å². The molecule has 0 aliphatic carbocycles. The summed E-state index contributed by atoms with van der Waals surface area (Å²) in [5.74, 6) is -0.729. The van der Waals surface area contributed by atoms with Crippen molar-refractivity contribution in [2.75, 3.05) is 12.8 Å². The number of nitrogens with two attached hydrogens (primary N) is 1. The van der Waals surface area contributed by atoms with E-state index in [0.29, 0.717) is 23.0 Å². The fourth-order valence-corrected chi connectivity index (χ4v) is 1.79. The van der Waals surface area contributed by atoms with Crippen LogP contribution in [0.25, 0.3) is 0 Å². The minimum atomic E-state index is -4.59. The van der Waals surface area contributed by atoms with Gasteiger partial charge in [0.1, 0.15) is 0 Å². The molecule has 0 unspecified atom stereocenters. The molecule has 0 spiro atoms. The van der Waals surface area contributed by atoms with E-state index in [2.05, 4.69) is 9.36 Å². The second-order valence-electron chi connectivity index (χ2n) is 3.39. The van der Waals surface area contributed by atoms with Crippen molar-refractivity contribution >= 4 is 17.2 Å². The highest BCUT2D eigenvalue weighted by Gasteiger charge is 2.36. The molecule has 5 nitrogen and oxygen atoms in total. The molecule has 0 amide bonds. The molecule has 1 heterocycles. The molecule has 0 aliphatic heterocycles. The van der Waals surface area contributed by atoms with E-state index in [4.69, 9.17) is 15.2 Å². The number of nitrogens with zero attached hydrogens (tertiary/aromatic N) is 2. The normalized spacial score (nSPS) is 11.4. The van der Waals surface area contributed by atoms with Gasteiger partial charge in [0.15, 0.2) is 11.5 Å². The third-order valence-corrected chi connectivity index (χ3v) is 2.64. The second-order valence-corrected chi connectivity index (χ2v) is 4.11. The highest BCUT2D eigenvalue weighted by atomic mass is 32.1. The van der Waals surface area contributed by atoms with Gasteiger partial charge >= 0.3 is 6.18 Å². The third-order valence-electron chi connectivity index (χ3n) is 2.05. The van der Waals surface area contributed by atoms with Gasteiger partial charge in [0.2, 0.25) is 0 Å². The van der Waals surface area contributed by atoms with Gasteiger partial charge in [-0.1, -0.05) is 0 Å². The molecule has 19 heavy (non-hydrogen) atoms. The molecule has 2 aromatic rings. The van der Waals surface area contributed by atoms with Crippen LogP contribution in [-0.4, -0.2) is 16.5 Å². The lowest BCUT2D eigenvalue weighted by molar-refractivity contribution is -0.144. The number of benzene rings is 1. The van der Waals surface area contributed by atoms with Gasteiger partial charge in [-0.3, -0.25) is 0 Å². The van der Waals surface area contributed by atoms with Crippen molar-refractivity contribution in [3.63, 3.8) is 0 Å². The standard InChI is InChI=1S/C10H8F3N3O2S/c1-17-7-4-5(14)2-3-6(7)18-9-15-8(16-19-9)10(11,12)13/h2-4H,14H2,1H3. The first-order valence-electron chi connectivity index (χ1n) is 4.92. The molecule has 2 N–H and O–H groups in total. The molecular formula is C10H8F3N3O2S. The smallest absolute Gasteiger partial charge is 0.452 e. The predicted molar refractivity (Wildman–Crippen MR) is 62.4 cm³/mol. The zero-order valence-corrected chi connectivity index (χ0v) is 10.4. The van der Waals surface area contributed by atoms with Crippen molar-refractivity contribution in [1.82, 2.24) is 9.36 Å². The lowest BCUT2D eigenvalue weighted by Gasteiger charge is -2.08. The summed E-state index contributed by atoms with van der Waals surface area (Å²) in [5.41, 5.74) is 5.99. The first-order valence-corrected chi connectivity index (χ1v) is 5.70. The van der Waals surface area contributed by atoms with Crippen LogP contribution in [0.3, 0.4) is 0 Å². The minimum Gasteiger partial charge on any atom is -0.493 e. The molecule has 1 aromatic carbocycles. The maximum Gasteiger partial charge on any atom is 0.452 e. The van der Waals surface area contributed by atoms with Gasteiger partial charge in [-0.25, -0.2) is 0 Å². The number of nitrogen functional groups attached to an aromatic ring is 1. The van der Waals surface area contributed by atoms with Crippen molar-refractivity contribution in [3.8, 4) is 16.7 Å². The molecule has 0 fully saturated rings. The highest BCUT2D eigenvalue weighted by Crippen LogP contribution is 2.35. The molecule has 0 bridgehead atoms. The summed E-state index contributed by atoms with van der Waals surface area (Å²) in [5, 5.41) is -0.226. The number of aromatic nitrogens is 2. The van der Waals surface area contributed by atoms with Crippen molar-refractivity contribution in [1.29, 1.82) is 0 Å². The zero-order valence-electron chi connectivity index (χ0n) is 9.56. The maximum absolute atomic E-state index is 12.3. The minimum absolute atomic E-state index is 0.210. The number of hydrogen-bond acceptors (Lipinski definition) is 6. The van der Waals surface area contributed by atoms with E-state index in [9.17, 15) is 13.2 Å². The molecule has 1 aromatic heterocycles. The SMILES string of the molecule is COc1cc(N)ccc1Oc1nc(C(F)(F)F)ns1. The van der Waals surface area contributed by atoms with E-state index in [-0.39, 0.29) is 10.9 Å². The van der Waals surface area contributed by atoms with Crippen LogP contribution in [0.4, 0.5) is 18.9 Å². The molecular weight excluding hydrogens is 283 g/mol. The van der Waals surface area contributed by atoms with Crippen LogP contribution in [0.2, 0.25) is 0 Å². The number of alkyl halides is 3. The summed E-state index contributed by atoms with van der Waals surface area (Å²) >= 11 is 0.505. The average Bonchev–Trinajstić information content (AvgIpc) is 2.79. The maximum atomic E-state index is 12.3. The summed E-state index contributed by atoms with van der Waals surface area (Å²) in [4.78, 5) is 3.25. The van der Waals surface area contributed by atoms with Gasteiger partial charge in [-0.15, -0.1) is 0 Å². The van der Waals surface area contributed by atoms with Crippen molar-refractivity contribution in [2.24, 2.45) is 0 Å². The van der Waals surface area contributed by atoms with Crippen LogP contribution < -0.4 is 15.2 Å². The van der Waals surface area contributed by atoms with Gasteiger partial charge in [-0.2, -0.15) is 22.5 Å². The van der Waals surface area contributed by atoms with Crippen LogP contribution in [0, 0.1) is 0 Å². The Bertz CT molecular complexity index is 586. The van der Waals surface area contributed by atoms with Gasteiger partial charge in [0, 0.05) is 23.3 Å². The Morgan fingerprint density at radius 2 is 2.00 bits per heavy atom. The van der Waals surface area contributed by atoms with E-state index in [1.807, 2.05) is 0 Å². The molecule has 0 atom stereocenters. The second kappa shape index (κ2) is 4.92. The summed E-state index contributed by atoms with van der Waals surface area (Å²) in [6.45, 7) is 0. The quantitative estimate of drug-likeness (QED) is 0.880. The summed E-state index contributed by atoms with van der Waals surface area (Å²) in [7, 11) is 1.39. The van der Waals surface area contributed by atoms with Crippen LogP contribution in [-0.2, 0) is 6.18 Å². The largest absolute Gasteiger partial charge is 0.493 e. The highest BCUT2D eigenvalue weighted by molar-refractivity contribution is 7.07. The Morgan fingerprint density at radius 3 is 2.58 bits per heavy atom. The van der Waals surface area contributed by atoms with Gasteiger partial charge in [0.05, 0.1) is 7.11 Å². The monoisotopic (exact) mass is 291 g/mol. The number of hydrogen-bond donors (Lipinski definition) is 1. The Morgan fingerprint density at radius 1 is 1.26 bits per heavy atom. The molecule has 9 heteroatoms. The van der Waals surface area contributed by atoms with E-state index >= 15 is 0 Å². The molecule has 0 radical (unpaired) electrons. The van der Waals surface area contributed by atoms with Crippen molar-refractivity contribution in [2.45, 2.75) is 6.18 Å². The van der Waals surface area contributed by atoms with Crippen LogP contribution in [0.15, 0.2) is 18.2 Å². The van der Waals surface area contributed by atoms with E-state index in [0.717, 1.165) is 0 Å². The fourth-order valence-electron chi connectivity index (χ4n) is 1.23. The van der Waals surface area contributed by atoms with E-state index in [1.165, 1.54) is 25.3 Å². The summed E-state index contributed by atoms with van der Waals surface area (Å²) in [6.07, 6.45) is -4.59. The molecule has 102 valence electrons. The first kappa shape index (κ1) is 13.4. The Hall–Kier alpha value is -2.03. The van der Waals surface area contributed by atoms with Crippen LogP contribution in [0.5, 0.6) is 16.7 Å². The molecule has 2 rings (SSSR count). The van der Waals surface area contributed by atoms with Gasteiger partial charge in [0.25, 0.3) is 11.0 Å². The Labute approximate surface area is 110 Å². The summed E-state index contributed by atoms with van der Waals surface area (Å²) in [6, 6.07) is 4.49. The number of rotatable bonds is 3. The van der Waals surface area contributed by atoms with Crippen LogP contribution in [0.1, 0.15) is 5.82 Å². The Kier molecular flexibility index (Phi) is 3.47. The first-order chi connectivity index (χ1) is 8.90. The fraction of sp³-hybridized carbons (Fsp3) is 0.200. The summed E-state index contributed by atoms with van der Waals surface area (Å²) < 4.78 is 50.3. The zero-order chi connectivity index (χ0) is 14.0. The average molecular weight is 291 g/mol. The number of halogens is 3. The third kappa shape index (κ3) is 3.05. The topological polar surface area (TPSA) is 70.3 Å². The molecule has 0 saturated heterocycles. The van der Waals surface area contributed by atoms with Crippen molar-refractivity contribution < 1.29 is 22.6 Å². The lowest BCUT2D eigenvalue weighted by Crippen LogP contribution is -2.06. The predicted octanol–water partition coefficient (Wildman–Crippen LogP) is 2.94. The number of anilines is 1. The number of methoxy groups -OCH3 is 1.